The average molecular weight is 257 g/mol. The lowest BCUT2D eigenvalue weighted by Crippen LogP contribution is -2.47. The summed E-state index contributed by atoms with van der Waals surface area (Å²) in [6, 6.07) is 3.22. The van der Waals surface area contributed by atoms with Crippen molar-refractivity contribution >= 4 is 17.5 Å². The molecule has 1 fully saturated rings. The molecule has 1 atom stereocenters. The molecule has 1 N–H and O–H groups in total. The van der Waals surface area contributed by atoms with Crippen molar-refractivity contribution in [2.75, 3.05) is 26.3 Å². The summed E-state index contributed by atoms with van der Waals surface area (Å²) in [5.41, 5.74) is 0.355. The highest BCUT2D eigenvalue weighted by molar-refractivity contribution is 6.30. The molecule has 1 aliphatic rings. The molecule has 1 saturated heterocycles. The van der Waals surface area contributed by atoms with Crippen LogP contribution in [0.3, 0.4) is 0 Å². The van der Waals surface area contributed by atoms with Gasteiger partial charge in [0.05, 0.1) is 24.3 Å². The summed E-state index contributed by atoms with van der Waals surface area (Å²) in [5, 5.41) is 9.50. The van der Waals surface area contributed by atoms with Crippen LogP contribution in [0.1, 0.15) is 10.5 Å². The number of halogens is 1. The van der Waals surface area contributed by atoms with E-state index >= 15 is 0 Å². The number of carbonyl (C=O) groups is 1. The number of amides is 1. The van der Waals surface area contributed by atoms with E-state index in [-0.39, 0.29) is 18.6 Å². The van der Waals surface area contributed by atoms with Crippen LogP contribution in [0.2, 0.25) is 5.02 Å². The minimum Gasteiger partial charge on any atom is -0.394 e. The second-order valence-corrected chi connectivity index (χ2v) is 4.22. The highest BCUT2D eigenvalue weighted by Gasteiger charge is 2.25. The summed E-state index contributed by atoms with van der Waals surface area (Å²) in [7, 11) is 0. The summed E-state index contributed by atoms with van der Waals surface area (Å²) < 4.78 is 5.28. The summed E-state index contributed by atoms with van der Waals surface area (Å²) in [6.45, 7) is 1.25. The molecule has 92 valence electrons. The van der Waals surface area contributed by atoms with Gasteiger partial charge in [-0.1, -0.05) is 11.6 Å². The zero-order valence-electron chi connectivity index (χ0n) is 9.17. The number of hydrogen-bond donors (Lipinski definition) is 1. The normalized spacial score (nSPS) is 20.4. The molecule has 0 saturated carbocycles. The van der Waals surface area contributed by atoms with Gasteiger partial charge < -0.3 is 14.7 Å². The molecule has 1 unspecified atom stereocenters. The third kappa shape index (κ3) is 2.94. The fraction of sp³-hybridized carbons (Fsp3) is 0.455. The molecule has 0 bridgehead atoms. The van der Waals surface area contributed by atoms with Gasteiger partial charge in [0, 0.05) is 19.3 Å². The Morgan fingerprint density at radius 1 is 1.65 bits per heavy atom. The first-order valence-electron chi connectivity index (χ1n) is 5.34. The second kappa shape index (κ2) is 5.44. The summed E-state index contributed by atoms with van der Waals surface area (Å²) in [4.78, 5) is 17.7. The minimum atomic E-state index is -0.306. The molecule has 0 radical (unpaired) electrons. The van der Waals surface area contributed by atoms with E-state index in [1.165, 1.54) is 6.20 Å². The first-order chi connectivity index (χ1) is 8.20. The largest absolute Gasteiger partial charge is 0.394 e. The van der Waals surface area contributed by atoms with Crippen LogP contribution in [0, 0.1) is 0 Å². The van der Waals surface area contributed by atoms with Crippen LogP contribution in [0.25, 0.3) is 0 Å². The summed E-state index contributed by atoms with van der Waals surface area (Å²) in [6.07, 6.45) is 1.14. The number of nitrogens with zero attached hydrogens (tertiary/aromatic N) is 2. The van der Waals surface area contributed by atoms with Crippen molar-refractivity contribution in [3.63, 3.8) is 0 Å². The lowest BCUT2D eigenvalue weighted by molar-refractivity contribution is -0.0448. The second-order valence-electron chi connectivity index (χ2n) is 3.79. The molecule has 2 rings (SSSR count). The van der Waals surface area contributed by atoms with Gasteiger partial charge in [-0.2, -0.15) is 0 Å². The lowest BCUT2D eigenvalue weighted by Gasteiger charge is -2.31. The van der Waals surface area contributed by atoms with Gasteiger partial charge in [0.1, 0.15) is 5.69 Å². The van der Waals surface area contributed by atoms with E-state index < -0.39 is 0 Å². The van der Waals surface area contributed by atoms with Gasteiger partial charge in [-0.15, -0.1) is 0 Å². The molecule has 0 aromatic carbocycles. The Balaban J connectivity index is 2.06. The molecule has 2 heterocycles. The van der Waals surface area contributed by atoms with Crippen molar-refractivity contribution < 1.29 is 14.6 Å². The maximum Gasteiger partial charge on any atom is 0.272 e. The van der Waals surface area contributed by atoms with E-state index in [2.05, 4.69) is 4.98 Å². The fourth-order valence-electron chi connectivity index (χ4n) is 1.68. The van der Waals surface area contributed by atoms with Crippen LogP contribution < -0.4 is 0 Å². The third-order valence-electron chi connectivity index (χ3n) is 2.58. The van der Waals surface area contributed by atoms with E-state index in [1.54, 1.807) is 17.0 Å². The van der Waals surface area contributed by atoms with Crippen molar-refractivity contribution in [2.45, 2.75) is 6.10 Å². The molecule has 0 aliphatic carbocycles. The molecular weight excluding hydrogens is 244 g/mol. The van der Waals surface area contributed by atoms with Crippen molar-refractivity contribution in [3.05, 3.63) is 29.0 Å². The molecule has 1 aromatic heterocycles. The topological polar surface area (TPSA) is 62.7 Å². The van der Waals surface area contributed by atoms with Gasteiger partial charge in [-0.05, 0) is 12.1 Å². The van der Waals surface area contributed by atoms with Gasteiger partial charge in [-0.3, -0.25) is 4.79 Å². The molecule has 0 spiro atoms. The molecule has 1 amide bonds. The van der Waals surface area contributed by atoms with Crippen molar-refractivity contribution in [2.24, 2.45) is 0 Å². The number of pyridine rings is 1. The molecule has 5 nitrogen and oxygen atoms in total. The standard InChI is InChI=1S/C11H13ClN2O3/c12-8-1-2-10(13-5-8)11(16)14-3-4-17-9(6-14)7-15/h1-2,5,9,15H,3-4,6-7H2. The number of morpholine rings is 1. The SMILES string of the molecule is O=C(c1ccc(Cl)cn1)N1CCOC(CO)C1. The van der Waals surface area contributed by atoms with E-state index in [1.807, 2.05) is 0 Å². The predicted octanol–water partition coefficient (Wildman–Crippen LogP) is 0.568. The summed E-state index contributed by atoms with van der Waals surface area (Å²) in [5.74, 6) is -0.164. The number of aromatic nitrogens is 1. The fourth-order valence-corrected chi connectivity index (χ4v) is 1.79. The van der Waals surface area contributed by atoms with Crippen LogP contribution >= 0.6 is 11.6 Å². The summed E-state index contributed by atoms with van der Waals surface area (Å²) >= 11 is 5.71. The highest BCUT2D eigenvalue weighted by Crippen LogP contribution is 2.11. The van der Waals surface area contributed by atoms with Gasteiger partial charge in [0.25, 0.3) is 5.91 Å². The number of carbonyl (C=O) groups excluding carboxylic acids is 1. The van der Waals surface area contributed by atoms with E-state index in [9.17, 15) is 4.79 Å². The maximum atomic E-state index is 12.1. The number of aliphatic hydroxyl groups excluding tert-OH is 1. The molecular formula is C11H13ClN2O3. The van der Waals surface area contributed by atoms with Gasteiger partial charge in [-0.25, -0.2) is 4.98 Å². The first-order valence-corrected chi connectivity index (χ1v) is 5.72. The van der Waals surface area contributed by atoms with Crippen LogP contribution in [-0.2, 0) is 4.74 Å². The van der Waals surface area contributed by atoms with Crippen LogP contribution in [0.5, 0.6) is 0 Å². The van der Waals surface area contributed by atoms with Gasteiger partial charge in [0.15, 0.2) is 0 Å². The molecule has 1 aromatic rings. The van der Waals surface area contributed by atoms with E-state index in [4.69, 9.17) is 21.4 Å². The van der Waals surface area contributed by atoms with Crippen LogP contribution in [-0.4, -0.2) is 53.3 Å². The minimum absolute atomic E-state index is 0.0855. The van der Waals surface area contributed by atoms with Crippen LogP contribution in [0.15, 0.2) is 18.3 Å². The first kappa shape index (κ1) is 12.3. The number of hydrogen-bond acceptors (Lipinski definition) is 4. The van der Waals surface area contributed by atoms with Crippen molar-refractivity contribution in [3.8, 4) is 0 Å². The zero-order valence-corrected chi connectivity index (χ0v) is 9.93. The third-order valence-corrected chi connectivity index (χ3v) is 2.80. The predicted molar refractivity (Wildman–Crippen MR) is 62.0 cm³/mol. The Hall–Kier alpha value is -1.17. The van der Waals surface area contributed by atoms with Gasteiger partial charge >= 0.3 is 0 Å². The smallest absolute Gasteiger partial charge is 0.272 e. The highest BCUT2D eigenvalue weighted by atomic mass is 35.5. The molecule has 1 aliphatic heterocycles. The van der Waals surface area contributed by atoms with E-state index in [0.29, 0.717) is 30.4 Å². The number of rotatable bonds is 2. The number of ether oxygens (including phenoxy) is 1. The molecule has 6 heteroatoms. The molecule has 17 heavy (non-hydrogen) atoms. The monoisotopic (exact) mass is 256 g/mol. The van der Waals surface area contributed by atoms with Gasteiger partial charge in [0.2, 0.25) is 0 Å². The Kier molecular flexibility index (Phi) is 3.93. The average Bonchev–Trinajstić information content (AvgIpc) is 2.39. The Bertz CT molecular complexity index is 396. The Morgan fingerprint density at radius 3 is 3.12 bits per heavy atom. The van der Waals surface area contributed by atoms with Crippen molar-refractivity contribution in [1.29, 1.82) is 0 Å². The van der Waals surface area contributed by atoms with E-state index in [0.717, 1.165) is 0 Å². The quantitative estimate of drug-likeness (QED) is 0.840. The van der Waals surface area contributed by atoms with Crippen LogP contribution in [0.4, 0.5) is 0 Å². The lowest BCUT2D eigenvalue weighted by atomic mass is 10.2. The zero-order chi connectivity index (χ0) is 12.3. The van der Waals surface area contributed by atoms with Crippen molar-refractivity contribution in [1.82, 2.24) is 9.88 Å². The Labute approximate surface area is 104 Å². The Morgan fingerprint density at radius 2 is 2.47 bits per heavy atom. The number of aliphatic hydroxyl groups is 1. The maximum absolute atomic E-state index is 12.1.